The topological polar surface area (TPSA) is 12.0 Å². The molecule has 0 saturated heterocycles. The fourth-order valence-corrected chi connectivity index (χ4v) is 2.30. The molecule has 0 aromatic heterocycles. The summed E-state index contributed by atoms with van der Waals surface area (Å²) in [5, 5.41) is 3.36. The molecular formula is C16H29N. The van der Waals surface area contributed by atoms with Crippen LogP contribution in [0.25, 0.3) is 0 Å². The fraction of sp³-hybridized carbons (Fsp3) is 0.750. The average Bonchev–Trinajstić information content (AvgIpc) is 3.15. The molecule has 1 aliphatic carbocycles. The van der Waals surface area contributed by atoms with Crippen LogP contribution in [0, 0.1) is 11.8 Å². The lowest BCUT2D eigenvalue weighted by Gasteiger charge is -2.22. The van der Waals surface area contributed by atoms with Crippen molar-refractivity contribution in [2.45, 2.75) is 59.4 Å². The van der Waals surface area contributed by atoms with E-state index in [0.717, 1.165) is 5.92 Å². The zero-order valence-corrected chi connectivity index (χ0v) is 12.2. The van der Waals surface area contributed by atoms with E-state index in [-0.39, 0.29) is 0 Å². The van der Waals surface area contributed by atoms with Gasteiger partial charge in [-0.3, -0.25) is 0 Å². The normalized spacial score (nSPS) is 21.5. The van der Waals surface area contributed by atoms with Gasteiger partial charge in [-0.05, 0) is 58.1 Å². The van der Waals surface area contributed by atoms with Gasteiger partial charge in [0.15, 0.2) is 0 Å². The van der Waals surface area contributed by atoms with E-state index in [1.54, 1.807) is 11.1 Å². The molecule has 1 fully saturated rings. The SMILES string of the molecule is C/C=C\C(CCC1CC1)=C(/C)[C@@H](C)[C@H](C)NC. The van der Waals surface area contributed by atoms with Crippen LogP contribution in [0.3, 0.4) is 0 Å². The first-order chi connectivity index (χ1) is 8.10. The molecule has 0 bridgehead atoms. The summed E-state index contributed by atoms with van der Waals surface area (Å²) in [7, 11) is 2.05. The zero-order chi connectivity index (χ0) is 12.8. The Bertz CT molecular complexity index is 284. The number of hydrogen-bond donors (Lipinski definition) is 1. The standard InChI is InChI=1S/C16H29N/c1-6-7-16(11-10-15-8-9-15)13(3)12(2)14(4)17-5/h6-7,12,14-15,17H,8-11H2,1-5H3/b7-6-,16-13-/t12-,14+/m1/s1. The fourth-order valence-electron chi connectivity index (χ4n) is 2.30. The van der Waals surface area contributed by atoms with Crippen LogP contribution in [0.5, 0.6) is 0 Å². The number of allylic oxidation sites excluding steroid dienone is 3. The van der Waals surface area contributed by atoms with E-state index >= 15 is 0 Å². The van der Waals surface area contributed by atoms with Gasteiger partial charge in [-0.1, -0.05) is 37.5 Å². The maximum atomic E-state index is 3.36. The molecule has 0 spiro atoms. The third-order valence-electron chi connectivity index (χ3n) is 4.28. The van der Waals surface area contributed by atoms with E-state index in [2.05, 4.69) is 45.2 Å². The Morgan fingerprint density at radius 3 is 2.47 bits per heavy atom. The average molecular weight is 235 g/mol. The van der Waals surface area contributed by atoms with Crippen LogP contribution in [-0.2, 0) is 0 Å². The summed E-state index contributed by atoms with van der Waals surface area (Å²) in [4.78, 5) is 0. The van der Waals surface area contributed by atoms with Gasteiger partial charge in [0.1, 0.15) is 0 Å². The molecule has 1 aliphatic rings. The quantitative estimate of drug-likeness (QED) is 0.648. The molecule has 0 radical (unpaired) electrons. The van der Waals surface area contributed by atoms with Gasteiger partial charge in [-0.2, -0.15) is 0 Å². The maximum absolute atomic E-state index is 3.36. The number of hydrogen-bond acceptors (Lipinski definition) is 1. The Hall–Kier alpha value is -0.560. The summed E-state index contributed by atoms with van der Waals surface area (Å²) in [6.07, 6.45) is 10.1. The number of rotatable bonds is 7. The molecule has 0 aromatic rings. The van der Waals surface area contributed by atoms with Crippen molar-refractivity contribution < 1.29 is 0 Å². The first-order valence-electron chi connectivity index (χ1n) is 7.09. The lowest BCUT2D eigenvalue weighted by Crippen LogP contribution is -2.29. The van der Waals surface area contributed by atoms with Crippen LogP contribution in [0.1, 0.15) is 53.4 Å². The highest BCUT2D eigenvalue weighted by Gasteiger charge is 2.22. The van der Waals surface area contributed by atoms with Gasteiger partial charge in [0.2, 0.25) is 0 Å². The molecule has 2 atom stereocenters. The van der Waals surface area contributed by atoms with Crippen molar-refractivity contribution in [2.75, 3.05) is 7.05 Å². The molecule has 1 heteroatoms. The van der Waals surface area contributed by atoms with Gasteiger partial charge < -0.3 is 5.32 Å². The minimum absolute atomic E-state index is 0.552. The summed E-state index contributed by atoms with van der Waals surface area (Å²) < 4.78 is 0. The molecule has 0 amide bonds. The lowest BCUT2D eigenvalue weighted by atomic mass is 9.89. The second-order valence-electron chi connectivity index (χ2n) is 5.56. The molecule has 17 heavy (non-hydrogen) atoms. The Kier molecular flexibility index (Phi) is 5.97. The predicted molar refractivity (Wildman–Crippen MR) is 77.2 cm³/mol. The van der Waals surface area contributed by atoms with Crippen molar-refractivity contribution in [3.05, 3.63) is 23.3 Å². The Morgan fingerprint density at radius 2 is 2.00 bits per heavy atom. The molecule has 1 rings (SSSR count). The van der Waals surface area contributed by atoms with Gasteiger partial charge in [-0.25, -0.2) is 0 Å². The highest BCUT2D eigenvalue weighted by molar-refractivity contribution is 5.26. The van der Waals surface area contributed by atoms with Crippen LogP contribution in [0.15, 0.2) is 23.3 Å². The Morgan fingerprint density at radius 1 is 1.35 bits per heavy atom. The van der Waals surface area contributed by atoms with E-state index in [9.17, 15) is 0 Å². The second kappa shape index (κ2) is 7.00. The third kappa shape index (κ3) is 4.67. The maximum Gasteiger partial charge on any atom is 0.00986 e. The van der Waals surface area contributed by atoms with Gasteiger partial charge >= 0.3 is 0 Å². The van der Waals surface area contributed by atoms with Crippen LogP contribution >= 0.6 is 0 Å². The predicted octanol–water partition coefficient (Wildman–Crippen LogP) is 4.31. The largest absolute Gasteiger partial charge is 0.317 e. The Labute approximate surface area is 107 Å². The van der Waals surface area contributed by atoms with E-state index in [1.807, 2.05) is 7.05 Å². The minimum Gasteiger partial charge on any atom is -0.317 e. The van der Waals surface area contributed by atoms with Gasteiger partial charge in [0.05, 0.1) is 0 Å². The highest BCUT2D eigenvalue weighted by atomic mass is 14.9. The molecule has 0 unspecified atom stereocenters. The summed E-state index contributed by atoms with van der Waals surface area (Å²) >= 11 is 0. The van der Waals surface area contributed by atoms with E-state index in [1.165, 1.54) is 25.7 Å². The first-order valence-corrected chi connectivity index (χ1v) is 7.09. The van der Waals surface area contributed by atoms with Crippen LogP contribution < -0.4 is 5.32 Å². The van der Waals surface area contributed by atoms with E-state index < -0.39 is 0 Å². The van der Waals surface area contributed by atoms with Gasteiger partial charge in [0, 0.05) is 6.04 Å². The van der Waals surface area contributed by atoms with Crippen molar-refractivity contribution in [2.24, 2.45) is 11.8 Å². The van der Waals surface area contributed by atoms with Crippen molar-refractivity contribution in [3.63, 3.8) is 0 Å². The minimum atomic E-state index is 0.552. The molecule has 1 nitrogen and oxygen atoms in total. The smallest absolute Gasteiger partial charge is 0.00986 e. The molecule has 0 heterocycles. The van der Waals surface area contributed by atoms with Crippen molar-refractivity contribution >= 4 is 0 Å². The summed E-state index contributed by atoms with van der Waals surface area (Å²) in [6, 6.07) is 0.552. The van der Waals surface area contributed by atoms with Crippen molar-refractivity contribution in [1.29, 1.82) is 0 Å². The molecule has 0 aliphatic heterocycles. The summed E-state index contributed by atoms with van der Waals surface area (Å²) in [6.45, 7) is 9.02. The molecule has 1 N–H and O–H groups in total. The lowest BCUT2D eigenvalue weighted by molar-refractivity contribution is 0.474. The van der Waals surface area contributed by atoms with E-state index in [4.69, 9.17) is 0 Å². The highest BCUT2D eigenvalue weighted by Crippen LogP contribution is 2.35. The molecular weight excluding hydrogens is 206 g/mol. The van der Waals surface area contributed by atoms with Crippen LogP contribution in [0.4, 0.5) is 0 Å². The van der Waals surface area contributed by atoms with Crippen LogP contribution in [0.2, 0.25) is 0 Å². The van der Waals surface area contributed by atoms with Crippen LogP contribution in [-0.4, -0.2) is 13.1 Å². The summed E-state index contributed by atoms with van der Waals surface area (Å²) in [5.74, 6) is 1.64. The molecule has 0 aromatic carbocycles. The number of nitrogens with one attached hydrogen (secondary N) is 1. The van der Waals surface area contributed by atoms with Crippen molar-refractivity contribution in [1.82, 2.24) is 5.32 Å². The summed E-state index contributed by atoms with van der Waals surface area (Å²) in [5.41, 5.74) is 3.12. The third-order valence-corrected chi connectivity index (χ3v) is 4.28. The van der Waals surface area contributed by atoms with E-state index in [0.29, 0.717) is 12.0 Å². The second-order valence-corrected chi connectivity index (χ2v) is 5.56. The van der Waals surface area contributed by atoms with Crippen molar-refractivity contribution in [3.8, 4) is 0 Å². The van der Waals surface area contributed by atoms with Gasteiger partial charge in [-0.15, -0.1) is 0 Å². The Balaban J connectivity index is 2.68. The first kappa shape index (κ1) is 14.5. The molecule has 1 saturated carbocycles. The van der Waals surface area contributed by atoms with Gasteiger partial charge in [0.25, 0.3) is 0 Å². The molecule has 98 valence electrons. The monoisotopic (exact) mass is 235 g/mol. The zero-order valence-electron chi connectivity index (χ0n) is 12.2.